The summed E-state index contributed by atoms with van der Waals surface area (Å²) in [5.41, 5.74) is 5.93. The average molecular weight is 275 g/mol. The van der Waals surface area contributed by atoms with Gasteiger partial charge in [0, 0.05) is 30.6 Å². The average Bonchev–Trinajstić information content (AvgIpc) is 2.72. The van der Waals surface area contributed by atoms with Gasteiger partial charge < -0.3 is 16.2 Å². The Bertz CT molecular complexity index is 465. The predicted octanol–water partition coefficient (Wildman–Crippen LogP) is 1.49. The number of hydrogen-bond acceptors (Lipinski definition) is 3. The zero-order chi connectivity index (χ0) is 12.6. The fourth-order valence-corrected chi connectivity index (χ4v) is 2.48. The number of phenols is 1. The maximum Gasteiger partial charge on any atom is 0.222 e. The number of amides is 1. The SMILES string of the molecule is NC(=O)C1CNC[C@H]1c1cc(Cl)c(Cl)cc1O. The van der Waals surface area contributed by atoms with Gasteiger partial charge in [-0.05, 0) is 6.07 Å². The summed E-state index contributed by atoms with van der Waals surface area (Å²) >= 11 is 11.7. The number of rotatable bonds is 2. The number of aromatic hydroxyl groups is 1. The molecule has 1 unspecified atom stereocenters. The summed E-state index contributed by atoms with van der Waals surface area (Å²) in [5, 5.41) is 13.6. The van der Waals surface area contributed by atoms with Gasteiger partial charge in [-0.25, -0.2) is 0 Å². The highest BCUT2D eigenvalue weighted by molar-refractivity contribution is 6.42. The van der Waals surface area contributed by atoms with Crippen molar-refractivity contribution in [1.29, 1.82) is 0 Å². The highest BCUT2D eigenvalue weighted by Gasteiger charge is 2.34. The third-order valence-electron chi connectivity index (χ3n) is 3.05. The summed E-state index contributed by atoms with van der Waals surface area (Å²) in [4.78, 5) is 11.3. The number of hydrogen-bond donors (Lipinski definition) is 3. The van der Waals surface area contributed by atoms with E-state index in [4.69, 9.17) is 28.9 Å². The van der Waals surface area contributed by atoms with Crippen molar-refractivity contribution in [3.63, 3.8) is 0 Å². The first-order valence-corrected chi connectivity index (χ1v) is 5.94. The van der Waals surface area contributed by atoms with Gasteiger partial charge in [0.05, 0.1) is 16.0 Å². The van der Waals surface area contributed by atoms with Crippen LogP contribution in [0.4, 0.5) is 0 Å². The molecule has 2 rings (SSSR count). The molecule has 1 heterocycles. The van der Waals surface area contributed by atoms with E-state index >= 15 is 0 Å². The fraction of sp³-hybridized carbons (Fsp3) is 0.364. The van der Waals surface area contributed by atoms with Crippen LogP contribution in [-0.2, 0) is 4.79 Å². The second-order valence-corrected chi connectivity index (χ2v) is 4.91. The molecule has 1 aromatic carbocycles. The lowest BCUT2D eigenvalue weighted by molar-refractivity contribution is -0.121. The Kier molecular flexibility index (Phi) is 3.47. The number of benzene rings is 1. The molecule has 0 aromatic heterocycles. The van der Waals surface area contributed by atoms with Crippen LogP contribution >= 0.6 is 23.2 Å². The number of nitrogens with one attached hydrogen (secondary N) is 1. The van der Waals surface area contributed by atoms with Crippen molar-refractivity contribution in [1.82, 2.24) is 5.32 Å². The number of halogens is 2. The summed E-state index contributed by atoms with van der Waals surface area (Å²) < 4.78 is 0. The normalized spacial score (nSPS) is 23.9. The molecule has 0 saturated carbocycles. The molecule has 0 aliphatic carbocycles. The Morgan fingerprint density at radius 1 is 1.35 bits per heavy atom. The van der Waals surface area contributed by atoms with Gasteiger partial charge in [-0.3, -0.25) is 4.79 Å². The van der Waals surface area contributed by atoms with Crippen molar-refractivity contribution >= 4 is 29.1 Å². The highest BCUT2D eigenvalue weighted by atomic mass is 35.5. The zero-order valence-corrected chi connectivity index (χ0v) is 10.4. The minimum atomic E-state index is -0.384. The maximum absolute atomic E-state index is 11.3. The van der Waals surface area contributed by atoms with Gasteiger partial charge in [0.15, 0.2) is 0 Å². The number of phenolic OH excluding ortho intramolecular Hbond substituents is 1. The van der Waals surface area contributed by atoms with Crippen molar-refractivity contribution in [2.75, 3.05) is 13.1 Å². The van der Waals surface area contributed by atoms with Gasteiger partial charge in [-0.1, -0.05) is 23.2 Å². The van der Waals surface area contributed by atoms with Gasteiger partial charge in [-0.2, -0.15) is 0 Å². The molecule has 0 bridgehead atoms. The summed E-state index contributed by atoms with van der Waals surface area (Å²) in [6.45, 7) is 1.10. The Labute approximate surface area is 109 Å². The molecule has 92 valence electrons. The van der Waals surface area contributed by atoms with Crippen LogP contribution in [0.1, 0.15) is 11.5 Å². The molecular weight excluding hydrogens is 263 g/mol. The van der Waals surface area contributed by atoms with E-state index in [0.717, 1.165) is 0 Å². The largest absolute Gasteiger partial charge is 0.508 e. The standard InChI is InChI=1S/C11H12Cl2N2O2/c12-8-1-5(10(16)2-9(8)13)6-3-15-4-7(6)11(14)17/h1-2,6-7,15-16H,3-4H2,(H2,14,17)/t6-,7?/m0/s1. The summed E-state index contributed by atoms with van der Waals surface area (Å²) in [6.07, 6.45) is 0. The molecule has 4 N–H and O–H groups in total. The van der Waals surface area contributed by atoms with Crippen molar-refractivity contribution < 1.29 is 9.90 Å². The summed E-state index contributed by atoms with van der Waals surface area (Å²) in [7, 11) is 0. The second kappa shape index (κ2) is 4.72. The highest BCUT2D eigenvalue weighted by Crippen LogP contribution is 2.38. The number of carbonyl (C=O) groups is 1. The Morgan fingerprint density at radius 3 is 2.65 bits per heavy atom. The maximum atomic E-state index is 11.3. The van der Waals surface area contributed by atoms with Crippen molar-refractivity contribution in [3.8, 4) is 5.75 Å². The summed E-state index contributed by atoms with van der Waals surface area (Å²) in [5.74, 6) is -0.842. The predicted molar refractivity (Wildman–Crippen MR) is 66.4 cm³/mol. The van der Waals surface area contributed by atoms with Gasteiger partial charge in [0.2, 0.25) is 5.91 Å². The molecule has 2 atom stereocenters. The number of nitrogens with two attached hydrogens (primary N) is 1. The van der Waals surface area contributed by atoms with Gasteiger partial charge in [0.1, 0.15) is 5.75 Å². The molecule has 1 saturated heterocycles. The first-order valence-electron chi connectivity index (χ1n) is 5.18. The van der Waals surface area contributed by atoms with Crippen LogP contribution < -0.4 is 11.1 Å². The Balaban J connectivity index is 2.40. The van der Waals surface area contributed by atoms with E-state index in [0.29, 0.717) is 23.7 Å². The molecular formula is C11H12Cl2N2O2. The molecule has 1 aliphatic heterocycles. The third kappa shape index (κ3) is 2.34. The van der Waals surface area contributed by atoms with Crippen LogP contribution in [0.5, 0.6) is 5.75 Å². The zero-order valence-electron chi connectivity index (χ0n) is 8.91. The van der Waals surface area contributed by atoms with E-state index in [2.05, 4.69) is 5.32 Å². The first kappa shape index (κ1) is 12.5. The Morgan fingerprint density at radius 2 is 2.00 bits per heavy atom. The number of primary amides is 1. The molecule has 0 spiro atoms. The van der Waals surface area contributed by atoms with E-state index in [-0.39, 0.29) is 28.5 Å². The van der Waals surface area contributed by atoms with E-state index in [9.17, 15) is 9.90 Å². The van der Waals surface area contributed by atoms with Crippen LogP contribution in [0, 0.1) is 5.92 Å². The first-order chi connectivity index (χ1) is 8.00. The molecule has 1 amide bonds. The van der Waals surface area contributed by atoms with Gasteiger partial charge >= 0.3 is 0 Å². The van der Waals surface area contributed by atoms with Crippen LogP contribution in [0.15, 0.2) is 12.1 Å². The number of carbonyl (C=O) groups excluding carboxylic acids is 1. The molecule has 1 aliphatic rings. The smallest absolute Gasteiger partial charge is 0.222 e. The van der Waals surface area contributed by atoms with Gasteiger partial charge in [0.25, 0.3) is 0 Å². The fourth-order valence-electron chi connectivity index (χ4n) is 2.15. The molecule has 1 aromatic rings. The van der Waals surface area contributed by atoms with E-state index in [1.807, 2.05) is 0 Å². The second-order valence-electron chi connectivity index (χ2n) is 4.10. The van der Waals surface area contributed by atoms with Crippen molar-refractivity contribution in [2.24, 2.45) is 11.7 Å². The topological polar surface area (TPSA) is 75.4 Å². The summed E-state index contributed by atoms with van der Waals surface area (Å²) in [6, 6.07) is 2.97. The monoisotopic (exact) mass is 274 g/mol. The lowest BCUT2D eigenvalue weighted by Crippen LogP contribution is -2.28. The lowest BCUT2D eigenvalue weighted by atomic mass is 9.88. The van der Waals surface area contributed by atoms with Crippen molar-refractivity contribution in [3.05, 3.63) is 27.7 Å². The van der Waals surface area contributed by atoms with Crippen molar-refractivity contribution in [2.45, 2.75) is 5.92 Å². The van der Waals surface area contributed by atoms with Crippen LogP contribution in [0.2, 0.25) is 10.0 Å². The molecule has 1 fully saturated rings. The Hall–Kier alpha value is -0.970. The minimum absolute atomic E-state index is 0.0411. The van der Waals surface area contributed by atoms with Crippen LogP contribution in [-0.4, -0.2) is 24.1 Å². The van der Waals surface area contributed by atoms with E-state index < -0.39 is 0 Å². The molecule has 6 heteroatoms. The third-order valence-corrected chi connectivity index (χ3v) is 3.77. The van der Waals surface area contributed by atoms with Crippen LogP contribution in [0.25, 0.3) is 0 Å². The lowest BCUT2D eigenvalue weighted by Gasteiger charge is -2.17. The molecule has 0 radical (unpaired) electrons. The van der Waals surface area contributed by atoms with Crippen LogP contribution in [0.3, 0.4) is 0 Å². The minimum Gasteiger partial charge on any atom is -0.508 e. The molecule has 17 heavy (non-hydrogen) atoms. The molecule has 4 nitrogen and oxygen atoms in total. The van der Waals surface area contributed by atoms with E-state index in [1.54, 1.807) is 6.07 Å². The van der Waals surface area contributed by atoms with Gasteiger partial charge in [-0.15, -0.1) is 0 Å². The quantitative estimate of drug-likeness (QED) is 0.765. The van der Waals surface area contributed by atoms with E-state index in [1.165, 1.54) is 6.07 Å².